The van der Waals surface area contributed by atoms with Crippen LogP contribution in [0.2, 0.25) is 0 Å². The van der Waals surface area contributed by atoms with E-state index in [0.29, 0.717) is 31.2 Å². The van der Waals surface area contributed by atoms with Crippen molar-refractivity contribution >= 4 is 76.3 Å². The highest BCUT2D eigenvalue weighted by Gasteiger charge is 2.21. The number of hydrogen-bond acceptors (Lipinski definition) is 2. The highest BCUT2D eigenvalue weighted by molar-refractivity contribution is 9.15. The predicted octanol–water partition coefficient (Wildman–Crippen LogP) is 6.03. The topological polar surface area (TPSA) is 34.1 Å². The molecule has 0 amide bonds. The molecule has 102 valence electrons. The van der Waals surface area contributed by atoms with Crippen LogP contribution in [0.4, 0.5) is 0 Å². The fraction of sp³-hybridized carbons (Fsp3) is 0. The van der Waals surface area contributed by atoms with E-state index in [9.17, 15) is 9.59 Å². The molecule has 0 aliphatic carbocycles. The van der Waals surface area contributed by atoms with Crippen molar-refractivity contribution < 1.29 is 9.59 Å². The maximum absolute atomic E-state index is 11.5. The van der Waals surface area contributed by atoms with Gasteiger partial charge in [0.2, 0.25) is 0 Å². The average molecular weight is 526 g/mol. The van der Waals surface area contributed by atoms with Crippen molar-refractivity contribution in [2.45, 2.75) is 0 Å². The summed E-state index contributed by atoms with van der Waals surface area (Å²) in [6, 6.07) is 7.13. The first-order valence-electron chi connectivity index (χ1n) is 5.38. The summed E-state index contributed by atoms with van der Waals surface area (Å²) >= 11 is 13.8. The third-order valence-electron chi connectivity index (χ3n) is 2.78. The van der Waals surface area contributed by atoms with Gasteiger partial charge < -0.3 is 0 Å². The van der Waals surface area contributed by atoms with Crippen LogP contribution in [-0.4, -0.2) is 12.6 Å². The van der Waals surface area contributed by atoms with Crippen molar-refractivity contribution in [3.63, 3.8) is 0 Å². The Labute approximate surface area is 149 Å². The van der Waals surface area contributed by atoms with Gasteiger partial charge in [-0.25, -0.2) is 0 Å². The zero-order valence-electron chi connectivity index (χ0n) is 9.79. The number of carbonyl (C=O) groups is 2. The van der Waals surface area contributed by atoms with Crippen molar-refractivity contribution in [1.82, 2.24) is 0 Å². The predicted molar refractivity (Wildman–Crippen MR) is 93.5 cm³/mol. The van der Waals surface area contributed by atoms with Gasteiger partial charge in [0.05, 0.1) is 0 Å². The quantitative estimate of drug-likeness (QED) is 0.279. The van der Waals surface area contributed by atoms with Crippen LogP contribution in [0.3, 0.4) is 0 Å². The summed E-state index contributed by atoms with van der Waals surface area (Å²) in [6.07, 6.45) is 1.54. The zero-order chi connectivity index (χ0) is 14.9. The van der Waals surface area contributed by atoms with Crippen molar-refractivity contribution in [2.24, 2.45) is 0 Å². The van der Waals surface area contributed by atoms with E-state index in [1.54, 1.807) is 12.1 Å². The third-order valence-corrected chi connectivity index (χ3v) is 7.58. The van der Waals surface area contributed by atoms with E-state index in [1.807, 2.05) is 12.1 Å². The van der Waals surface area contributed by atoms with E-state index in [4.69, 9.17) is 0 Å². The molecule has 0 aliphatic rings. The fourth-order valence-electron chi connectivity index (χ4n) is 1.85. The number of hydrogen-bond donors (Lipinski definition) is 0. The summed E-state index contributed by atoms with van der Waals surface area (Å²) in [5.74, 6) is 0. The molecule has 2 rings (SSSR count). The van der Waals surface area contributed by atoms with Crippen LogP contribution in [0.25, 0.3) is 11.1 Å². The molecule has 6 heteroatoms. The molecule has 0 unspecified atom stereocenters. The Bertz CT molecular complexity index is 711. The van der Waals surface area contributed by atoms with Crippen LogP contribution in [0.5, 0.6) is 0 Å². The number of carbonyl (C=O) groups excluding carboxylic acids is 2. The van der Waals surface area contributed by atoms with Crippen LogP contribution in [0.15, 0.2) is 42.2 Å². The summed E-state index contributed by atoms with van der Waals surface area (Å²) in [5.41, 5.74) is 2.37. The second-order valence-electron chi connectivity index (χ2n) is 3.87. The lowest BCUT2D eigenvalue weighted by molar-refractivity contribution is 0.111. The minimum absolute atomic E-state index is 0.473. The molecule has 0 aliphatic heterocycles. The number of rotatable bonds is 3. The molecule has 0 spiro atoms. The average Bonchev–Trinajstić information content (AvgIpc) is 2.48. The highest BCUT2D eigenvalue weighted by Crippen LogP contribution is 2.46. The first kappa shape index (κ1) is 16.1. The molecule has 0 fully saturated rings. The summed E-state index contributed by atoms with van der Waals surface area (Å²) in [4.78, 5) is 22.7. The van der Waals surface area contributed by atoms with E-state index in [2.05, 4.69) is 63.7 Å². The van der Waals surface area contributed by atoms with Gasteiger partial charge >= 0.3 is 0 Å². The standard InChI is InChI=1S/C14H6Br4O2/c15-11-9(6-20)10(12(16)14(18)13(11)17)8-4-2-1-3-7(8)5-19/h1-6H. The van der Waals surface area contributed by atoms with Crippen LogP contribution in [0.1, 0.15) is 20.7 Å². The van der Waals surface area contributed by atoms with Crippen LogP contribution < -0.4 is 0 Å². The van der Waals surface area contributed by atoms with Gasteiger partial charge in [-0.05, 0) is 69.3 Å². The van der Waals surface area contributed by atoms with E-state index in [1.165, 1.54) is 0 Å². The first-order chi connectivity index (χ1) is 9.52. The maximum atomic E-state index is 11.5. The Morgan fingerprint density at radius 2 is 1.35 bits per heavy atom. The van der Waals surface area contributed by atoms with Gasteiger partial charge in [-0.15, -0.1) is 0 Å². The maximum Gasteiger partial charge on any atom is 0.151 e. The number of aldehydes is 2. The van der Waals surface area contributed by atoms with Crippen molar-refractivity contribution in [3.05, 3.63) is 53.3 Å². The normalized spacial score (nSPS) is 10.4. The summed E-state index contributed by atoms with van der Waals surface area (Å²) in [7, 11) is 0. The van der Waals surface area contributed by atoms with Crippen LogP contribution in [0, 0.1) is 0 Å². The summed E-state index contributed by atoms with van der Waals surface area (Å²) in [6.45, 7) is 0. The number of benzene rings is 2. The molecule has 0 atom stereocenters. The monoisotopic (exact) mass is 522 g/mol. The minimum atomic E-state index is 0.473. The molecular formula is C14H6Br4O2. The SMILES string of the molecule is O=Cc1ccccc1-c1c(Br)c(Br)c(Br)c(Br)c1C=O. The third kappa shape index (κ3) is 2.71. The van der Waals surface area contributed by atoms with Crippen molar-refractivity contribution in [2.75, 3.05) is 0 Å². The highest BCUT2D eigenvalue weighted by atomic mass is 79.9. The number of halogens is 4. The molecule has 2 nitrogen and oxygen atoms in total. The lowest BCUT2D eigenvalue weighted by atomic mass is 9.96. The molecule has 2 aromatic carbocycles. The molecule has 0 N–H and O–H groups in total. The second kappa shape index (κ2) is 6.64. The lowest BCUT2D eigenvalue weighted by Gasteiger charge is -2.15. The molecule has 0 saturated heterocycles. The van der Waals surface area contributed by atoms with Crippen LogP contribution >= 0.6 is 63.7 Å². The fourth-order valence-corrected chi connectivity index (χ4v) is 4.31. The Morgan fingerprint density at radius 3 is 1.95 bits per heavy atom. The van der Waals surface area contributed by atoms with Crippen molar-refractivity contribution in [3.8, 4) is 11.1 Å². The Hall–Kier alpha value is -0.300. The molecule has 0 heterocycles. The van der Waals surface area contributed by atoms with Gasteiger partial charge in [-0.3, -0.25) is 9.59 Å². The smallest absolute Gasteiger partial charge is 0.151 e. The summed E-state index contributed by atoms with van der Waals surface area (Å²) < 4.78 is 2.85. The van der Waals surface area contributed by atoms with Gasteiger partial charge in [0.25, 0.3) is 0 Å². The van der Waals surface area contributed by atoms with Gasteiger partial charge in [-0.2, -0.15) is 0 Å². The first-order valence-corrected chi connectivity index (χ1v) is 8.55. The zero-order valence-corrected chi connectivity index (χ0v) is 16.1. The molecule has 20 heavy (non-hydrogen) atoms. The Kier molecular flexibility index (Phi) is 5.34. The molecular weight excluding hydrogens is 520 g/mol. The van der Waals surface area contributed by atoms with Gasteiger partial charge in [0.15, 0.2) is 12.6 Å². The molecule has 0 saturated carbocycles. The Morgan fingerprint density at radius 1 is 0.750 bits per heavy atom. The van der Waals surface area contributed by atoms with Gasteiger partial charge in [0.1, 0.15) is 0 Å². The summed E-state index contributed by atoms with van der Waals surface area (Å²) in [5, 5.41) is 0. The van der Waals surface area contributed by atoms with E-state index in [0.717, 1.165) is 21.5 Å². The van der Waals surface area contributed by atoms with E-state index >= 15 is 0 Å². The largest absolute Gasteiger partial charge is 0.298 e. The van der Waals surface area contributed by atoms with Crippen molar-refractivity contribution in [1.29, 1.82) is 0 Å². The van der Waals surface area contributed by atoms with Gasteiger partial charge in [-0.1, -0.05) is 24.3 Å². The van der Waals surface area contributed by atoms with Crippen LogP contribution in [-0.2, 0) is 0 Å². The molecule has 0 radical (unpaired) electrons. The molecule has 0 aromatic heterocycles. The Balaban J connectivity index is 2.93. The lowest BCUT2D eigenvalue weighted by Crippen LogP contribution is -1.97. The molecule has 2 aromatic rings. The van der Waals surface area contributed by atoms with E-state index in [-0.39, 0.29) is 0 Å². The minimum Gasteiger partial charge on any atom is -0.298 e. The molecule has 0 bridgehead atoms. The second-order valence-corrected chi connectivity index (χ2v) is 7.04. The van der Waals surface area contributed by atoms with Gasteiger partial charge in [0, 0.05) is 34.6 Å². The van der Waals surface area contributed by atoms with E-state index < -0.39 is 0 Å².